The summed E-state index contributed by atoms with van der Waals surface area (Å²) in [6.07, 6.45) is 0.715. The van der Waals surface area contributed by atoms with Crippen LogP contribution in [0.25, 0.3) is 11.1 Å². The lowest BCUT2D eigenvalue weighted by Gasteiger charge is -2.14. The Balaban J connectivity index is 1.34. The van der Waals surface area contributed by atoms with Gasteiger partial charge in [-0.1, -0.05) is 59.9 Å². The van der Waals surface area contributed by atoms with Crippen molar-refractivity contribution < 1.29 is 24.2 Å². The predicted molar refractivity (Wildman–Crippen MR) is 114 cm³/mol. The first-order valence-electron chi connectivity index (χ1n) is 9.77. The summed E-state index contributed by atoms with van der Waals surface area (Å²) in [4.78, 5) is 24.3. The van der Waals surface area contributed by atoms with Gasteiger partial charge in [0.05, 0.1) is 6.61 Å². The molecular weight excluding hydrogens is 402 g/mol. The number of carboxylic acids is 1. The minimum atomic E-state index is -1.08. The minimum absolute atomic E-state index is 0.0537. The van der Waals surface area contributed by atoms with Crippen LogP contribution in [0, 0.1) is 0 Å². The van der Waals surface area contributed by atoms with Crippen LogP contribution in [0.5, 0.6) is 5.06 Å². The molecule has 0 radical (unpaired) electrons. The Morgan fingerprint density at radius 1 is 1.10 bits per heavy atom. The smallest absolute Gasteiger partial charge is 0.412 e. The molecule has 2 aromatic carbocycles. The van der Waals surface area contributed by atoms with Gasteiger partial charge in [0.25, 0.3) is 0 Å². The molecule has 1 aromatic heterocycles. The molecule has 2 N–H and O–H groups in total. The molecule has 0 atom stereocenters. The van der Waals surface area contributed by atoms with Gasteiger partial charge in [-0.25, -0.2) is 9.59 Å². The number of carbonyl (C=O) groups excluding carboxylic acids is 1. The molecule has 5 rings (SSSR count). The Labute approximate surface area is 177 Å². The van der Waals surface area contributed by atoms with Crippen LogP contribution in [0.1, 0.15) is 39.4 Å². The summed E-state index contributed by atoms with van der Waals surface area (Å²) >= 11 is 1.14. The molecular formula is C23H19NO5S. The van der Waals surface area contributed by atoms with E-state index in [0.717, 1.165) is 40.0 Å². The molecule has 0 bridgehead atoms. The molecule has 2 heterocycles. The maximum absolute atomic E-state index is 12.5. The average molecular weight is 421 g/mol. The van der Waals surface area contributed by atoms with Crippen LogP contribution in [0.4, 0.5) is 9.80 Å². The van der Waals surface area contributed by atoms with Gasteiger partial charge in [0.2, 0.25) is 0 Å². The highest BCUT2D eigenvalue weighted by molar-refractivity contribution is 7.18. The van der Waals surface area contributed by atoms with Crippen LogP contribution in [0.15, 0.2) is 48.5 Å². The van der Waals surface area contributed by atoms with Gasteiger partial charge < -0.3 is 14.6 Å². The molecule has 0 fully saturated rings. The van der Waals surface area contributed by atoms with E-state index >= 15 is 0 Å². The largest absolute Gasteiger partial charge is 0.484 e. The first-order valence-corrected chi connectivity index (χ1v) is 10.6. The molecule has 2 aliphatic rings. The van der Waals surface area contributed by atoms with Crippen LogP contribution in [-0.4, -0.2) is 30.4 Å². The van der Waals surface area contributed by atoms with E-state index in [4.69, 9.17) is 9.47 Å². The van der Waals surface area contributed by atoms with Gasteiger partial charge in [-0.15, -0.1) is 0 Å². The second-order valence-electron chi connectivity index (χ2n) is 7.28. The molecule has 0 unspecified atom stereocenters. The number of hydrogen-bond donors (Lipinski definition) is 2. The van der Waals surface area contributed by atoms with Crippen LogP contribution in [0.3, 0.4) is 0 Å². The lowest BCUT2D eigenvalue weighted by molar-refractivity contribution is 0.0696. The number of rotatable bonds is 4. The van der Waals surface area contributed by atoms with Crippen LogP contribution in [-0.2, 0) is 11.2 Å². The normalized spacial score (nSPS) is 14.3. The van der Waals surface area contributed by atoms with Gasteiger partial charge >= 0.3 is 12.1 Å². The molecule has 0 spiro atoms. The van der Waals surface area contributed by atoms with E-state index in [9.17, 15) is 14.7 Å². The lowest BCUT2D eigenvalue weighted by Crippen LogP contribution is -2.18. The first kappa shape index (κ1) is 18.7. The molecule has 6 nitrogen and oxygen atoms in total. The number of anilines is 1. The fourth-order valence-electron chi connectivity index (χ4n) is 4.24. The van der Waals surface area contributed by atoms with Gasteiger partial charge in [-0.2, -0.15) is 0 Å². The average Bonchev–Trinajstić information content (AvgIpc) is 3.27. The van der Waals surface area contributed by atoms with E-state index in [-0.39, 0.29) is 23.1 Å². The molecule has 1 aliphatic carbocycles. The zero-order valence-electron chi connectivity index (χ0n) is 16.0. The van der Waals surface area contributed by atoms with E-state index < -0.39 is 12.1 Å². The highest BCUT2D eigenvalue weighted by Gasteiger charge is 2.30. The van der Waals surface area contributed by atoms with Crippen molar-refractivity contribution in [2.75, 3.05) is 18.5 Å². The van der Waals surface area contributed by atoms with Crippen molar-refractivity contribution in [3.8, 4) is 16.2 Å². The van der Waals surface area contributed by atoms with Crippen LogP contribution < -0.4 is 10.1 Å². The first-order chi connectivity index (χ1) is 14.6. The summed E-state index contributed by atoms with van der Waals surface area (Å²) in [5.74, 6) is -1.13. The summed E-state index contributed by atoms with van der Waals surface area (Å²) in [6.45, 7) is 0.723. The SMILES string of the molecule is O=C(Nc1sc2c(c1C(=O)O)CCCO2)OCC1c2ccccc2-c2ccccc21. The van der Waals surface area contributed by atoms with Crippen LogP contribution >= 0.6 is 11.3 Å². The van der Waals surface area contributed by atoms with E-state index in [2.05, 4.69) is 29.6 Å². The second-order valence-corrected chi connectivity index (χ2v) is 8.26. The summed E-state index contributed by atoms with van der Waals surface area (Å²) in [7, 11) is 0. The van der Waals surface area contributed by atoms with Crippen molar-refractivity contribution in [3.05, 3.63) is 70.8 Å². The quantitative estimate of drug-likeness (QED) is 0.610. The number of fused-ring (bicyclic) bond motifs is 4. The number of amides is 1. The monoisotopic (exact) mass is 421 g/mol. The zero-order valence-corrected chi connectivity index (χ0v) is 16.8. The fourth-order valence-corrected chi connectivity index (χ4v) is 5.35. The second kappa shape index (κ2) is 7.50. The molecule has 30 heavy (non-hydrogen) atoms. The Morgan fingerprint density at radius 3 is 2.43 bits per heavy atom. The Hall–Kier alpha value is -3.32. The van der Waals surface area contributed by atoms with Crippen molar-refractivity contribution in [1.82, 2.24) is 0 Å². The summed E-state index contributed by atoms with van der Waals surface area (Å²) in [5.41, 5.74) is 5.29. The fraction of sp³-hybridized carbons (Fsp3) is 0.217. The number of nitrogens with one attached hydrogen (secondary N) is 1. The van der Waals surface area contributed by atoms with E-state index in [1.807, 2.05) is 24.3 Å². The topological polar surface area (TPSA) is 84.9 Å². The zero-order chi connectivity index (χ0) is 20.7. The van der Waals surface area contributed by atoms with Crippen molar-refractivity contribution in [3.63, 3.8) is 0 Å². The van der Waals surface area contributed by atoms with E-state index in [0.29, 0.717) is 23.7 Å². The number of carboxylic acid groups (broad SMARTS) is 1. The third-order valence-electron chi connectivity index (χ3n) is 5.55. The predicted octanol–water partition coefficient (Wildman–Crippen LogP) is 5.13. The highest BCUT2D eigenvalue weighted by Crippen LogP contribution is 2.45. The Kier molecular flexibility index (Phi) is 4.67. The highest BCUT2D eigenvalue weighted by atomic mass is 32.1. The minimum Gasteiger partial charge on any atom is -0.484 e. The molecule has 1 aliphatic heterocycles. The van der Waals surface area contributed by atoms with E-state index in [1.165, 1.54) is 0 Å². The van der Waals surface area contributed by atoms with Crippen LogP contribution in [0.2, 0.25) is 0 Å². The summed E-state index contributed by atoms with van der Waals surface area (Å²) in [5, 5.41) is 13.0. The Morgan fingerprint density at radius 2 is 1.77 bits per heavy atom. The number of benzene rings is 2. The van der Waals surface area contributed by atoms with Crippen molar-refractivity contribution in [2.24, 2.45) is 0 Å². The number of carbonyl (C=O) groups is 2. The molecule has 0 saturated heterocycles. The van der Waals surface area contributed by atoms with Gasteiger partial charge in [-0.05, 0) is 35.1 Å². The van der Waals surface area contributed by atoms with Gasteiger partial charge in [0.15, 0.2) is 5.06 Å². The number of ether oxygens (including phenoxy) is 2. The number of aromatic carboxylic acids is 1. The lowest BCUT2D eigenvalue weighted by atomic mass is 9.98. The molecule has 7 heteroatoms. The molecule has 3 aromatic rings. The van der Waals surface area contributed by atoms with Crippen molar-refractivity contribution in [1.29, 1.82) is 0 Å². The maximum Gasteiger partial charge on any atom is 0.412 e. The van der Waals surface area contributed by atoms with Gasteiger partial charge in [-0.3, -0.25) is 5.32 Å². The standard InChI is InChI=1S/C23H19NO5S/c25-21(26)19-17-10-5-11-28-22(17)30-20(19)24-23(27)29-12-18-15-8-3-1-6-13(15)14-7-2-4-9-16(14)18/h1-4,6-9,18H,5,10-12H2,(H,24,27)(H,25,26). The number of hydrogen-bond acceptors (Lipinski definition) is 5. The Bertz CT molecular complexity index is 1110. The summed E-state index contributed by atoms with van der Waals surface area (Å²) in [6, 6.07) is 16.2. The maximum atomic E-state index is 12.5. The van der Waals surface area contributed by atoms with Gasteiger partial charge in [0, 0.05) is 11.5 Å². The molecule has 0 saturated carbocycles. The number of thiophene rings is 1. The molecule has 152 valence electrons. The third-order valence-corrected chi connectivity index (χ3v) is 6.61. The van der Waals surface area contributed by atoms with E-state index in [1.54, 1.807) is 0 Å². The van der Waals surface area contributed by atoms with Crippen molar-refractivity contribution in [2.45, 2.75) is 18.8 Å². The molecule has 1 amide bonds. The third kappa shape index (κ3) is 3.11. The van der Waals surface area contributed by atoms with Crippen molar-refractivity contribution >= 4 is 28.4 Å². The van der Waals surface area contributed by atoms with Gasteiger partial charge in [0.1, 0.15) is 17.2 Å². The summed E-state index contributed by atoms with van der Waals surface area (Å²) < 4.78 is 11.1.